The van der Waals surface area contributed by atoms with E-state index in [1.165, 1.54) is 7.11 Å². The average Bonchev–Trinajstić information content (AvgIpc) is 2.18. The van der Waals surface area contributed by atoms with Crippen LogP contribution in [0.4, 0.5) is 0 Å². The lowest BCUT2D eigenvalue weighted by atomic mass is 10.1. The summed E-state index contributed by atoms with van der Waals surface area (Å²) in [6, 6.07) is 3.40. The Kier molecular flexibility index (Phi) is 3.20. The SMILES string of the molecule is C=CCc1ncccc1C(=O)OC. The summed E-state index contributed by atoms with van der Waals surface area (Å²) in [7, 11) is 1.35. The van der Waals surface area contributed by atoms with Gasteiger partial charge in [-0.2, -0.15) is 0 Å². The Balaban J connectivity index is 3.03. The summed E-state index contributed by atoms with van der Waals surface area (Å²) in [4.78, 5) is 15.3. The molecule has 0 unspecified atom stereocenters. The lowest BCUT2D eigenvalue weighted by Gasteiger charge is -2.03. The second kappa shape index (κ2) is 4.40. The number of hydrogen-bond acceptors (Lipinski definition) is 3. The van der Waals surface area contributed by atoms with Gasteiger partial charge in [0.05, 0.1) is 18.4 Å². The number of methoxy groups -OCH3 is 1. The molecule has 0 N–H and O–H groups in total. The third-order valence-electron chi connectivity index (χ3n) is 1.63. The number of aromatic nitrogens is 1. The van der Waals surface area contributed by atoms with E-state index in [2.05, 4.69) is 16.3 Å². The van der Waals surface area contributed by atoms with Crippen molar-refractivity contribution in [3.63, 3.8) is 0 Å². The Morgan fingerprint density at radius 1 is 1.77 bits per heavy atom. The topological polar surface area (TPSA) is 39.2 Å². The maximum Gasteiger partial charge on any atom is 0.339 e. The van der Waals surface area contributed by atoms with Crippen molar-refractivity contribution in [2.75, 3.05) is 7.11 Å². The molecule has 68 valence electrons. The maximum absolute atomic E-state index is 11.2. The second-order valence-corrected chi connectivity index (χ2v) is 2.48. The van der Waals surface area contributed by atoms with E-state index in [4.69, 9.17) is 0 Å². The highest BCUT2D eigenvalue weighted by molar-refractivity contribution is 5.90. The third-order valence-corrected chi connectivity index (χ3v) is 1.63. The predicted molar refractivity (Wildman–Crippen MR) is 49.5 cm³/mol. The summed E-state index contributed by atoms with van der Waals surface area (Å²) < 4.78 is 4.61. The van der Waals surface area contributed by atoms with Gasteiger partial charge in [0, 0.05) is 12.6 Å². The molecule has 0 atom stereocenters. The summed E-state index contributed by atoms with van der Waals surface area (Å²) in [6.45, 7) is 3.59. The van der Waals surface area contributed by atoms with Crippen molar-refractivity contribution in [3.05, 3.63) is 42.2 Å². The predicted octanol–water partition coefficient (Wildman–Crippen LogP) is 1.60. The van der Waals surface area contributed by atoms with E-state index in [1.54, 1.807) is 24.4 Å². The van der Waals surface area contributed by atoms with Gasteiger partial charge in [0.25, 0.3) is 0 Å². The fourth-order valence-corrected chi connectivity index (χ4v) is 1.03. The van der Waals surface area contributed by atoms with Crippen LogP contribution < -0.4 is 0 Å². The zero-order valence-corrected chi connectivity index (χ0v) is 7.49. The van der Waals surface area contributed by atoms with Gasteiger partial charge < -0.3 is 4.74 Å². The van der Waals surface area contributed by atoms with Crippen molar-refractivity contribution in [2.45, 2.75) is 6.42 Å². The maximum atomic E-state index is 11.2. The summed E-state index contributed by atoms with van der Waals surface area (Å²) in [5.74, 6) is -0.357. The molecule has 0 bridgehead atoms. The lowest BCUT2D eigenvalue weighted by Crippen LogP contribution is -2.06. The number of esters is 1. The Labute approximate surface area is 77.1 Å². The Morgan fingerprint density at radius 3 is 3.15 bits per heavy atom. The molecule has 0 aliphatic carbocycles. The van der Waals surface area contributed by atoms with Gasteiger partial charge >= 0.3 is 5.97 Å². The monoisotopic (exact) mass is 177 g/mol. The molecule has 0 saturated heterocycles. The van der Waals surface area contributed by atoms with Crippen molar-refractivity contribution >= 4 is 5.97 Å². The Hall–Kier alpha value is -1.64. The number of rotatable bonds is 3. The summed E-state index contributed by atoms with van der Waals surface area (Å²) in [5.41, 5.74) is 1.20. The van der Waals surface area contributed by atoms with Crippen LogP contribution in [0.1, 0.15) is 16.1 Å². The van der Waals surface area contributed by atoms with Crippen LogP contribution in [0.15, 0.2) is 31.0 Å². The molecule has 0 fully saturated rings. The first-order valence-electron chi connectivity index (χ1n) is 3.92. The van der Waals surface area contributed by atoms with Gasteiger partial charge in [-0.25, -0.2) is 4.79 Å². The van der Waals surface area contributed by atoms with Crippen LogP contribution in [-0.4, -0.2) is 18.1 Å². The quantitative estimate of drug-likeness (QED) is 0.520. The molecule has 0 aliphatic rings. The van der Waals surface area contributed by atoms with E-state index in [9.17, 15) is 4.79 Å². The second-order valence-electron chi connectivity index (χ2n) is 2.48. The van der Waals surface area contributed by atoms with Crippen LogP contribution in [0.2, 0.25) is 0 Å². The molecule has 3 nitrogen and oxygen atoms in total. The molecule has 1 rings (SSSR count). The summed E-state index contributed by atoms with van der Waals surface area (Å²) >= 11 is 0. The van der Waals surface area contributed by atoms with E-state index in [0.717, 1.165) is 0 Å². The van der Waals surface area contributed by atoms with Crippen LogP contribution >= 0.6 is 0 Å². The van der Waals surface area contributed by atoms with Crippen molar-refractivity contribution < 1.29 is 9.53 Å². The van der Waals surface area contributed by atoms with Crippen LogP contribution in [-0.2, 0) is 11.2 Å². The van der Waals surface area contributed by atoms with Crippen molar-refractivity contribution in [3.8, 4) is 0 Å². The van der Waals surface area contributed by atoms with Crippen molar-refractivity contribution in [1.82, 2.24) is 4.98 Å². The molecule has 0 saturated carbocycles. The van der Waals surface area contributed by atoms with Gasteiger partial charge in [0.15, 0.2) is 0 Å². The number of pyridine rings is 1. The van der Waals surface area contributed by atoms with E-state index >= 15 is 0 Å². The van der Waals surface area contributed by atoms with Crippen molar-refractivity contribution in [1.29, 1.82) is 0 Å². The molecule has 13 heavy (non-hydrogen) atoms. The van der Waals surface area contributed by atoms with Gasteiger partial charge in [-0.15, -0.1) is 6.58 Å². The fourth-order valence-electron chi connectivity index (χ4n) is 1.03. The van der Waals surface area contributed by atoms with Crippen LogP contribution in [0.5, 0.6) is 0 Å². The lowest BCUT2D eigenvalue weighted by molar-refractivity contribution is 0.0599. The minimum Gasteiger partial charge on any atom is -0.465 e. The van der Waals surface area contributed by atoms with Gasteiger partial charge in [0.1, 0.15) is 0 Å². The normalized spacial score (nSPS) is 9.31. The average molecular weight is 177 g/mol. The highest BCUT2D eigenvalue weighted by atomic mass is 16.5. The minimum absolute atomic E-state index is 0.357. The molecule has 3 heteroatoms. The third kappa shape index (κ3) is 2.15. The molecular formula is C10H11NO2. The van der Waals surface area contributed by atoms with Crippen LogP contribution in [0, 0.1) is 0 Å². The zero-order valence-electron chi connectivity index (χ0n) is 7.49. The van der Waals surface area contributed by atoms with Crippen LogP contribution in [0.25, 0.3) is 0 Å². The molecule has 1 aromatic heterocycles. The number of hydrogen-bond donors (Lipinski definition) is 0. The van der Waals surface area contributed by atoms with Crippen LogP contribution in [0.3, 0.4) is 0 Å². The molecule has 1 aromatic rings. The minimum atomic E-state index is -0.357. The van der Waals surface area contributed by atoms with Gasteiger partial charge in [-0.1, -0.05) is 6.08 Å². The first-order chi connectivity index (χ1) is 6.29. The fraction of sp³-hybridized carbons (Fsp3) is 0.200. The molecule has 0 spiro atoms. The number of ether oxygens (including phenoxy) is 1. The van der Waals surface area contributed by atoms with Gasteiger partial charge in [0.2, 0.25) is 0 Å². The van der Waals surface area contributed by atoms with E-state index in [0.29, 0.717) is 17.7 Å². The van der Waals surface area contributed by atoms with E-state index < -0.39 is 0 Å². The molecular weight excluding hydrogens is 166 g/mol. The standard InChI is InChI=1S/C10H11NO2/c1-3-5-9-8(10(12)13-2)6-4-7-11-9/h3-4,6-7H,1,5H2,2H3. The Bertz CT molecular complexity index is 320. The number of carbonyl (C=O) groups excluding carboxylic acids is 1. The van der Waals surface area contributed by atoms with Gasteiger partial charge in [-0.05, 0) is 12.1 Å². The molecule has 0 aromatic carbocycles. The highest BCUT2D eigenvalue weighted by Gasteiger charge is 2.10. The largest absolute Gasteiger partial charge is 0.465 e. The molecule has 1 heterocycles. The highest BCUT2D eigenvalue weighted by Crippen LogP contribution is 2.07. The smallest absolute Gasteiger partial charge is 0.339 e. The summed E-state index contributed by atoms with van der Waals surface area (Å²) in [5, 5.41) is 0. The van der Waals surface area contributed by atoms with Crippen molar-refractivity contribution in [2.24, 2.45) is 0 Å². The Morgan fingerprint density at radius 2 is 2.54 bits per heavy atom. The zero-order chi connectivity index (χ0) is 9.68. The van der Waals surface area contributed by atoms with E-state index in [-0.39, 0.29) is 5.97 Å². The first-order valence-corrected chi connectivity index (χ1v) is 3.92. The first kappa shape index (κ1) is 9.45. The van der Waals surface area contributed by atoms with Gasteiger partial charge in [-0.3, -0.25) is 4.98 Å². The summed E-state index contributed by atoms with van der Waals surface area (Å²) in [6.07, 6.45) is 3.92. The number of nitrogens with zero attached hydrogens (tertiary/aromatic N) is 1. The molecule has 0 radical (unpaired) electrons. The number of carbonyl (C=O) groups is 1. The number of allylic oxidation sites excluding steroid dienone is 1. The molecule has 0 aliphatic heterocycles. The van der Waals surface area contributed by atoms with E-state index in [1.807, 2.05) is 0 Å². The molecule has 0 amide bonds.